The van der Waals surface area contributed by atoms with Crippen LogP contribution >= 0.6 is 11.5 Å². The summed E-state index contributed by atoms with van der Waals surface area (Å²) in [5.41, 5.74) is 0. The summed E-state index contributed by atoms with van der Waals surface area (Å²) in [6.45, 7) is 3.23. The van der Waals surface area contributed by atoms with E-state index in [1.165, 1.54) is 11.5 Å². The number of hydrogen-bond donors (Lipinski definition) is 1. The van der Waals surface area contributed by atoms with E-state index in [2.05, 4.69) is 32.1 Å². The van der Waals surface area contributed by atoms with Crippen molar-refractivity contribution in [2.75, 3.05) is 26.7 Å². The second-order valence-corrected chi connectivity index (χ2v) is 4.12. The van der Waals surface area contributed by atoms with E-state index in [1.807, 2.05) is 0 Å². The molecule has 0 amide bonds. The Hall–Kier alpha value is -0.590. The van der Waals surface area contributed by atoms with E-state index in [4.69, 9.17) is 0 Å². The third-order valence-corrected chi connectivity index (χ3v) is 3.01. The Bertz CT molecular complexity index is 249. The topological polar surface area (TPSA) is 53.9 Å². The molecular formula is C7H13N5S. The van der Waals surface area contributed by atoms with Gasteiger partial charge in [0.2, 0.25) is 0 Å². The van der Waals surface area contributed by atoms with E-state index in [1.54, 1.807) is 0 Å². The largest absolute Gasteiger partial charge is 0.314 e. The lowest BCUT2D eigenvalue weighted by atomic mass is 10.1. The van der Waals surface area contributed by atoms with E-state index in [-0.39, 0.29) is 0 Å². The van der Waals surface area contributed by atoms with Gasteiger partial charge in [0.15, 0.2) is 0 Å². The van der Waals surface area contributed by atoms with Crippen molar-refractivity contribution >= 4 is 11.5 Å². The van der Waals surface area contributed by atoms with Crippen molar-refractivity contribution < 1.29 is 0 Å². The molecule has 1 unspecified atom stereocenters. The SMILES string of the molecule is CN1CCNCC1Cc1nnns1. The Kier molecular flexibility index (Phi) is 2.82. The minimum absolute atomic E-state index is 0.545. The van der Waals surface area contributed by atoms with Crippen LogP contribution < -0.4 is 5.32 Å². The van der Waals surface area contributed by atoms with Gasteiger partial charge in [-0.1, -0.05) is 4.49 Å². The van der Waals surface area contributed by atoms with E-state index in [9.17, 15) is 0 Å². The van der Waals surface area contributed by atoms with Gasteiger partial charge < -0.3 is 10.2 Å². The molecule has 1 saturated heterocycles. The lowest BCUT2D eigenvalue weighted by Crippen LogP contribution is -2.50. The summed E-state index contributed by atoms with van der Waals surface area (Å²) < 4.78 is 3.75. The number of likely N-dealkylation sites (N-methyl/N-ethyl adjacent to an activating group) is 1. The van der Waals surface area contributed by atoms with Crippen LogP contribution in [-0.4, -0.2) is 52.4 Å². The van der Waals surface area contributed by atoms with Crippen LogP contribution in [0.2, 0.25) is 0 Å². The van der Waals surface area contributed by atoms with Gasteiger partial charge in [0.05, 0.1) is 0 Å². The second kappa shape index (κ2) is 4.08. The zero-order chi connectivity index (χ0) is 9.10. The third-order valence-electron chi connectivity index (χ3n) is 2.39. The molecule has 1 N–H and O–H groups in total. The molecule has 1 aromatic heterocycles. The molecule has 1 aromatic rings. The molecule has 1 atom stereocenters. The molecule has 0 spiro atoms. The molecule has 72 valence electrons. The zero-order valence-electron chi connectivity index (χ0n) is 7.60. The van der Waals surface area contributed by atoms with Gasteiger partial charge in [-0.2, -0.15) is 0 Å². The molecule has 0 aromatic carbocycles. The van der Waals surface area contributed by atoms with Gasteiger partial charge in [-0.25, -0.2) is 0 Å². The van der Waals surface area contributed by atoms with Gasteiger partial charge in [0, 0.05) is 43.6 Å². The van der Waals surface area contributed by atoms with Crippen LogP contribution in [-0.2, 0) is 6.42 Å². The van der Waals surface area contributed by atoms with Crippen molar-refractivity contribution in [3.8, 4) is 0 Å². The number of aromatic nitrogens is 3. The highest BCUT2D eigenvalue weighted by Crippen LogP contribution is 2.08. The van der Waals surface area contributed by atoms with Gasteiger partial charge in [-0.3, -0.25) is 0 Å². The van der Waals surface area contributed by atoms with Crippen molar-refractivity contribution in [1.29, 1.82) is 0 Å². The molecule has 5 nitrogen and oxygen atoms in total. The minimum Gasteiger partial charge on any atom is -0.314 e. The van der Waals surface area contributed by atoms with Gasteiger partial charge in [-0.05, 0) is 12.3 Å². The average Bonchev–Trinajstić information content (AvgIpc) is 2.61. The van der Waals surface area contributed by atoms with Crippen LogP contribution in [0.25, 0.3) is 0 Å². The fourth-order valence-corrected chi connectivity index (χ4v) is 2.03. The normalized spacial score (nSPS) is 24.8. The monoisotopic (exact) mass is 199 g/mol. The second-order valence-electron chi connectivity index (χ2n) is 3.30. The van der Waals surface area contributed by atoms with Crippen molar-refractivity contribution in [2.45, 2.75) is 12.5 Å². The number of nitrogens with one attached hydrogen (secondary N) is 1. The van der Waals surface area contributed by atoms with Gasteiger partial charge in [-0.15, -0.1) is 5.10 Å². The van der Waals surface area contributed by atoms with Gasteiger partial charge in [0.25, 0.3) is 0 Å². The first-order chi connectivity index (χ1) is 6.36. The van der Waals surface area contributed by atoms with E-state index >= 15 is 0 Å². The summed E-state index contributed by atoms with van der Waals surface area (Å²) >= 11 is 1.39. The molecule has 2 rings (SSSR count). The summed E-state index contributed by atoms with van der Waals surface area (Å²) in [5, 5.41) is 11.9. The Morgan fingerprint density at radius 1 is 1.69 bits per heavy atom. The number of nitrogens with zero attached hydrogens (tertiary/aromatic N) is 4. The van der Waals surface area contributed by atoms with Crippen LogP contribution in [0, 0.1) is 0 Å². The van der Waals surface area contributed by atoms with Crippen LogP contribution in [0.5, 0.6) is 0 Å². The third kappa shape index (κ3) is 2.20. The Balaban J connectivity index is 1.93. The summed E-state index contributed by atoms with van der Waals surface area (Å²) in [6.07, 6.45) is 0.959. The molecule has 13 heavy (non-hydrogen) atoms. The van der Waals surface area contributed by atoms with Crippen molar-refractivity contribution in [2.24, 2.45) is 0 Å². The standard InChI is InChI=1S/C7H13N5S/c1-12-3-2-8-5-6(12)4-7-9-10-11-13-7/h6,8H,2-5H2,1H3. The molecule has 1 fully saturated rings. The van der Waals surface area contributed by atoms with E-state index in [0.29, 0.717) is 6.04 Å². The highest BCUT2D eigenvalue weighted by atomic mass is 32.1. The Morgan fingerprint density at radius 2 is 2.62 bits per heavy atom. The summed E-state index contributed by atoms with van der Waals surface area (Å²) in [5.74, 6) is 0. The van der Waals surface area contributed by atoms with Crippen LogP contribution in [0.1, 0.15) is 5.01 Å². The smallest absolute Gasteiger partial charge is 0.139 e. The summed E-state index contributed by atoms with van der Waals surface area (Å²) in [7, 11) is 2.15. The first-order valence-electron chi connectivity index (χ1n) is 4.41. The molecule has 0 bridgehead atoms. The number of rotatable bonds is 2. The van der Waals surface area contributed by atoms with Crippen LogP contribution in [0.15, 0.2) is 0 Å². The minimum atomic E-state index is 0.545. The number of piperazine rings is 1. The first-order valence-corrected chi connectivity index (χ1v) is 5.18. The maximum atomic E-state index is 3.95. The molecule has 1 aliphatic rings. The predicted molar refractivity (Wildman–Crippen MR) is 50.7 cm³/mol. The van der Waals surface area contributed by atoms with Crippen LogP contribution in [0.4, 0.5) is 0 Å². The molecular weight excluding hydrogens is 186 g/mol. The van der Waals surface area contributed by atoms with E-state index < -0.39 is 0 Å². The summed E-state index contributed by atoms with van der Waals surface area (Å²) in [4.78, 5) is 2.36. The van der Waals surface area contributed by atoms with Gasteiger partial charge >= 0.3 is 0 Å². The van der Waals surface area contributed by atoms with E-state index in [0.717, 1.165) is 31.1 Å². The maximum Gasteiger partial charge on any atom is 0.139 e. The average molecular weight is 199 g/mol. The Morgan fingerprint density at radius 3 is 3.31 bits per heavy atom. The molecule has 0 radical (unpaired) electrons. The molecule has 6 heteroatoms. The fourth-order valence-electron chi connectivity index (χ4n) is 1.52. The van der Waals surface area contributed by atoms with Crippen molar-refractivity contribution in [3.05, 3.63) is 5.01 Å². The zero-order valence-corrected chi connectivity index (χ0v) is 8.42. The molecule has 0 saturated carbocycles. The van der Waals surface area contributed by atoms with Crippen molar-refractivity contribution in [1.82, 2.24) is 25.0 Å². The highest BCUT2D eigenvalue weighted by Gasteiger charge is 2.19. The fraction of sp³-hybridized carbons (Fsp3) is 0.857. The van der Waals surface area contributed by atoms with Gasteiger partial charge in [0.1, 0.15) is 5.01 Å². The highest BCUT2D eigenvalue weighted by molar-refractivity contribution is 7.05. The summed E-state index contributed by atoms with van der Waals surface area (Å²) in [6, 6.07) is 0.545. The lowest BCUT2D eigenvalue weighted by Gasteiger charge is -2.32. The first kappa shape index (κ1) is 8.98. The van der Waals surface area contributed by atoms with Crippen LogP contribution in [0.3, 0.4) is 0 Å². The quantitative estimate of drug-likeness (QED) is 0.688. The maximum absolute atomic E-state index is 3.95. The molecule has 2 heterocycles. The number of hydrogen-bond acceptors (Lipinski definition) is 6. The Labute approximate surface area is 81.3 Å². The lowest BCUT2D eigenvalue weighted by molar-refractivity contribution is 0.199. The molecule has 1 aliphatic heterocycles. The predicted octanol–water partition coefficient (Wildman–Crippen LogP) is -0.621. The molecule has 0 aliphatic carbocycles. The van der Waals surface area contributed by atoms with Crippen molar-refractivity contribution in [3.63, 3.8) is 0 Å².